The van der Waals surface area contributed by atoms with Gasteiger partial charge in [0.25, 0.3) is 11.8 Å². The van der Waals surface area contributed by atoms with E-state index in [0.717, 1.165) is 12.1 Å². The number of nitrogens with zero attached hydrogens (tertiary/aromatic N) is 4. The molecule has 9 nitrogen and oxygen atoms in total. The van der Waals surface area contributed by atoms with Crippen LogP contribution in [0.2, 0.25) is 0 Å². The Labute approximate surface area is 161 Å². The standard InChI is InChI=1S/C19H20N6O3/c26-17-8-7-15(21-22-17)19(28)24-9-4-10-25-14(12-24)11-16(23-25)18(27)20-13-5-2-1-3-6-13/h1-3,5-6,11H,4,7-10,12H2,(H,20,27)(H,22,26). The summed E-state index contributed by atoms with van der Waals surface area (Å²) >= 11 is 0. The topological polar surface area (TPSA) is 109 Å². The quantitative estimate of drug-likeness (QED) is 0.832. The van der Waals surface area contributed by atoms with Crippen molar-refractivity contribution in [2.45, 2.75) is 32.4 Å². The van der Waals surface area contributed by atoms with Crippen molar-refractivity contribution in [1.82, 2.24) is 20.1 Å². The maximum Gasteiger partial charge on any atom is 0.276 e. The molecule has 2 N–H and O–H groups in total. The third kappa shape index (κ3) is 3.78. The summed E-state index contributed by atoms with van der Waals surface area (Å²) < 4.78 is 1.78. The van der Waals surface area contributed by atoms with Gasteiger partial charge in [-0.1, -0.05) is 18.2 Å². The number of para-hydroxylation sites is 1. The van der Waals surface area contributed by atoms with E-state index in [4.69, 9.17) is 0 Å². The first-order valence-electron chi connectivity index (χ1n) is 9.18. The number of hydrogen-bond acceptors (Lipinski definition) is 5. The number of hydrogen-bond donors (Lipinski definition) is 2. The van der Waals surface area contributed by atoms with E-state index in [2.05, 4.69) is 20.9 Å². The summed E-state index contributed by atoms with van der Waals surface area (Å²) in [5.74, 6) is -0.659. The molecule has 0 atom stereocenters. The molecule has 0 unspecified atom stereocenters. The lowest BCUT2D eigenvalue weighted by molar-refractivity contribution is -0.125. The molecule has 144 valence electrons. The number of rotatable bonds is 3. The minimum Gasteiger partial charge on any atom is -0.332 e. The number of aromatic nitrogens is 2. The van der Waals surface area contributed by atoms with E-state index in [9.17, 15) is 14.4 Å². The van der Waals surface area contributed by atoms with Gasteiger partial charge in [-0.3, -0.25) is 19.1 Å². The van der Waals surface area contributed by atoms with Crippen LogP contribution in [0.5, 0.6) is 0 Å². The van der Waals surface area contributed by atoms with Gasteiger partial charge in [0, 0.05) is 31.6 Å². The van der Waals surface area contributed by atoms with Crippen LogP contribution in [0.15, 0.2) is 41.5 Å². The van der Waals surface area contributed by atoms with Crippen molar-refractivity contribution in [2.24, 2.45) is 5.10 Å². The number of benzene rings is 1. The molecule has 0 fully saturated rings. The lowest BCUT2D eigenvalue weighted by atomic mass is 10.1. The lowest BCUT2D eigenvalue weighted by Crippen LogP contribution is -2.40. The van der Waals surface area contributed by atoms with Gasteiger partial charge < -0.3 is 10.2 Å². The van der Waals surface area contributed by atoms with Gasteiger partial charge in [0.05, 0.1) is 12.2 Å². The van der Waals surface area contributed by atoms with Gasteiger partial charge in [-0.25, -0.2) is 5.43 Å². The number of carbonyl (C=O) groups excluding carboxylic acids is 3. The van der Waals surface area contributed by atoms with E-state index in [1.54, 1.807) is 15.6 Å². The third-order valence-corrected chi connectivity index (χ3v) is 4.72. The van der Waals surface area contributed by atoms with Gasteiger partial charge in [0.1, 0.15) is 5.71 Å². The maximum absolute atomic E-state index is 12.7. The minimum absolute atomic E-state index is 0.181. The highest BCUT2D eigenvalue weighted by atomic mass is 16.2. The predicted octanol–water partition coefficient (Wildman–Crippen LogP) is 1.13. The average molecular weight is 380 g/mol. The molecule has 0 saturated heterocycles. The van der Waals surface area contributed by atoms with Crippen LogP contribution >= 0.6 is 0 Å². The molecule has 1 aromatic carbocycles. The number of carbonyl (C=O) groups is 3. The molecule has 28 heavy (non-hydrogen) atoms. The van der Waals surface area contributed by atoms with Crippen molar-refractivity contribution in [3.05, 3.63) is 47.8 Å². The van der Waals surface area contributed by atoms with Gasteiger partial charge >= 0.3 is 0 Å². The SMILES string of the molecule is O=C1CCC(C(=O)N2CCCn3nc(C(=O)Nc4ccccc4)cc3C2)=NN1. The Hall–Kier alpha value is -3.49. The fraction of sp³-hybridized carbons (Fsp3) is 0.316. The van der Waals surface area contributed by atoms with E-state index >= 15 is 0 Å². The van der Waals surface area contributed by atoms with Gasteiger partial charge in [0.2, 0.25) is 5.91 Å². The van der Waals surface area contributed by atoms with Gasteiger partial charge in [0.15, 0.2) is 5.69 Å². The van der Waals surface area contributed by atoms with Crippen molar-refractivity contribution >= 4 is 29.1 Å². The fourth-order valence-corrected chi connectivity index (χ4v) is 3.27. The van der Waals surface area contributed by atoms with Crippen molar-refractivity contribution in [3.63, 3.8) is 0 Å². The average Bonchev–Trinajstić information content (AvgIpc) is 3.00. The van der Waals surface area contributed by atoms with Crippen LogP contribution in [0, 0.1) is 0 Å². The lowest BCUT2D eigenvalue weighted by Gasteiger charge is -2.22. The Morgan fingerprint density at radius 1 is 1.11 bits per heavy atom. The van der Waals surface area contributed by atoms with Crippen LogP contribution in [0.3, 0.4) is 0 Å². The summed E-state index contributed by atoms with van der Waals surface area (Å²) in [4.78, 5) is 38.1. The molecular formula is C19H20N6O3. The second kappa shape index (κ2) is 7.63. The molecule has 0 bridgehead atoms. The van der Waals surface area contributed by atoms with E-state index in [1.165, 1.54) is 0 Å². The second-order valence-corrected chi connectivity index (χ2v) is 6.74. The van der Waals surface area contributed by atoms with Crippen molar-refractivity contribution in [2.75, 3.05) is 11.9 Å². The maximum atomic E-state index is 12.7. The second-order valence-electron chi connectivity index (χ2n) is 6.74. The van der Waals surface area contributed by atoms with Crippen LogP contribution in [-0.4, -0.2) is 44.7 Å². The number of anilines is 1. The molecule has 9 heteroatoms. The molecule has 3 amide bonds. The van der Waals surface area contributed by atoms with Crippen molar-refractivity contribution in [1.29, 1.82) is 0 Å². The normalized spacial score (nSPS) is 16.5. The van der Waals surface area contributed by atoms with E-state index in [0.29, 0.717) is 43.1 Å². The van der Waals surface area contributed by atoms with E-state index in [1.807, 2.05) is 30.3 Å². The monoisotopic (exact) mass is 380 g/mol. The Balaban J connectivity index is 1.48. The molecule has 2 aliphatic heterocycles. The minimum atomic E-state index is -0.288. The zero-order valence-corrected chi connectivity index (χ0v) is 15.2. The first kappa shape index (κ1) is 17.9. The zero-order chi connectivity index (χ0) is 19.5. The summed E-state index contributed by atoms with van der Waals surface area (Å²) in [5, 5.41) is 11.1. The van der Waals surface area contributed by atoms with Gasteiger partial charge in [-0.05, 0) is 24.6 Å². The molecule has 1 aromatic heterocycles. The summed E-state index contributed by atoms with van der Waals surface area (Å²) in [6.07, 6.45) is 1.32. The van der Waals surface area contributed by atoms with Gasteiger partial charge in [-0.2, -0.15) is 10.2 Å². The number of aryl methyl sites for hydroxylation is 1. The fourth-order valence-electron chi connectivity index (χ4n) is 3.27. The molecule has 0 aliphatic carbocycles. The molecule has 3 heterocycles. The number of nitrogens with one attached hydrogen (secondary N) is 2. The first-order chi connectivity index (χ1) is 13.6. The van der Waals surface area contributed by atoms with Crippen LogP contribution in [-0.2, 0) is 22.7 Å². The van der Waals surface area contributed by atoms with Gasteiger partial charge in [-0.15, -0.1) is 0 Å². The molecule has 2 aliphatic rings. The highest BCUT2D eigenvalue weighted by Crippen LogP contribution is 2.17. The zero-order valence-electron chi connectivity index (χ0n) is 15.2. The molecule has 0 saturated carbocycles. The highest BCUT2D eigenvalue weighted by molar-refractivity contribution is 6.39. The third-order valence-electron chi connectivity index (χ3n) is 4.72. The molecule has 2 aromatic rings. The predicted molar refractivity (Wildman–Crippen MR) is 101 cm³/mol. The van der Waals surface area contributed by atoms with Crippen molar-refractivity contribution in [3.8, 4) is 0 Å². The Morgan fingerprint density at radius 2 is 1.93 bits per heavy atom. The largest absolute Gasteiger partial charge is 0.332 e. The summed E-state index contributed by atoms with van der Waals surface area (Å²) in [6.45, 7) is 1.54. The Morgan fingerprint density at radius 3 is 2.68 bits per heavy atom. The molecule has 0 spiro atoms. The molecule has 0 radical (unpaired) electrons. The number of hydrazone groups is 1. The van der Waals surface area contributed by atoms with Crippen LogP contribution in [0.4, 0.5) is 5.69 Å². The van der Waals surface area contributed by atoms with Crippen LogP contribution in [0.1, 0.15) is 35.4 Å². The summed E-state index contributed by atoms with van der Waals surface area (Å²) in [6, 6.07) is 10.9. The van der Waals surface area contributed by atoms with Crippen LogP contribution < -0.4 is 10.7 Å². The molecule has 4 rings (SSSR count). The molecular weight excluding hydrogens is 360 g/mol. The highest BCUT2D eigenvalue weighted by Gasteiger charge is 2.27. The number of amides is 3. The van der Waals surface area contributed by atoms with Crippen LogP contribution in [0.25, 0.3) is 0 Å². The van der Waals surface area contributed by atoms with E-state index < -0.39 is 0 Å². The Kier molecular flexibility index (Phi) is 4.88. The Bertz CT molecular complexity index is 950. The smallest absolute Gasteiger partial charge is 0.276 e. The summed E-state index contributed by atoms with van der Waals surface area (Å²) in [7, 11) is 0. The van der Waals surface area contributed by atoms with E-state index in [-0.39, 0.29) is 24.1 Å². The van der Waals surface area contributed by atoms with Crippen molar-refractivity contribution < 1.29 is 14.4 Å². The number of fused-ring (bicyclic) bond motifs is 1. The summed E-state index contributed by atoms with van der Waals surface area (Å²) in [5.41, 5.74) is 4.53. The first-order valence-corrected chi connectivity index (χ1v) is 9.18.